The third-order valence-corrected chi connectivity index (χ3v) is 3.55. The van der Waals surface area contributed by atoms with E-state index in [2.05, 4.69) is 4.98 Å². The molecule has 0 unspecified atom stereocenters. The van der Waals surface area contributed by atoms with Gasteiger partial charge in [0.2, 0.25) is 0 Å². The summed E-state index contributed by atoms with van der Waals surface area (Å²) >= 11 is 5.73. The smallest absolute Gasteiger partial charge is 0.250 e. The highest BCUT2D eigenvalue weighted by atomic mass is 35.5. The summed E-state index contributed by atoms with van der Waals surface area (Å²) in [5.74, 6) is -2.53. The van der Waals surface area contributed by atoms with Gasteiger partial charge in [0.1, 0.15) is 5.15 Å². The second-order valence-corrected chi connectivity index (χ2v) is 4.94. The van der Waals surface area contributed by atoms with E-state index in [1.54, 1.807) is 12.3 Å². The molecule has 2 rings (SSSR count). The average molecular weight is 276 g/mol. The fourth-order valence-electron chi connectivity index (χ4n) is 2.24. The van der Waals surface area contributed by atoms with Gasteiger partial charge in [-0.05, 0) is 11.6 Å². The van der Waals surface area contributed by atoms with Gasteiger partial charge < -0.3 is 5.73 Å². The number of pyridine rings is 1. The maximum atomic E-state index is 13.1. The van der Waals surface area contributed by atoms with Crippen LogP contribution in [0.3, 0.4) is 0 Å². The SMILES string of the molecule is NC[C@@H](c1ccc(Cl)nc1)N1CCC(F)(F)CC1. The third kappa shape index (κ3) is 3.16. The van der Waals surface area contributed by atoms with Gasteiger partial charge in [-0.3, -0.25) is 4.90 Å². The molecule has 0 amide bonds. The Bertz CT molecular complexity index is 387. The zero-order valence-corrected chi connectivity index (χ0v) is 10.7. The Hall–Kier alpha value is -0.780. The number of nitrogens with two attached hydrogens (primary N) is 1. The molecule has 18 heavy (non-hydrogen) atoms. The number of aromatic nitrogens is 1. The minimum Gasteiger partial charge on any atom is -0.329 e. The molecular formula is C12H16ClF2N3. The van der Waals surface area contributed by atoms with Crippen molar-refractivity contribution in [3.05, 3.63) is 29.0 Å². The summed E-state index contributed by atoms with van der Waals surface area (Å²) in [6, 6.07) is 3.48. The van der Waals surface area contributed by atoms with Crippen LogP contribution >= 0.6 is 11.6 Å². The van der Waals surface area contributed by atoms with Gasteiger partial charge in [0.05, 0.1) is 0 Å². The molecule has 100 valence electrons. The summed E-state index contributed by atoms with van der Waals surface area (Å²) in [4.78, 5) is 5.99. The van der Waals surface area contributed by atoms with Crippen molar-refractivity contribution < 1.29 is 8.78 Å². The van der Waals surface area contributed by atoms with E-state index >= 15 is 0 Å². The van der Waals surface area contributed by atoms with Gasteiger partial charge in [0.15, 0.2) is 0 Å². The molecule has 1 aromatic rings. The Morgan fingerprint density at radius 1 is 1.39 bits per heavy atom. The lowest BCUT2D eigenvalue weighted by Gasteiger charge is -2.37. The highest BCUT2D eigenvalue weighted by Gasteiger charge is 2.36. The Balaban J connectivity index is 2.08. The maximum absolute atomic E-state index is 13.1. The molecule has 1 aliphatic heterocycles. The van der Waals surface area contributed by atoms with Gasteiger partial charge in [-0.1, -0.05) is 17.7 Å². The number of hydrogen-bond donors (Lipinski definition) is 1. The highest BCUT2D eigenvalue weighted by Crippen LogP contribution is 2.32. The Morgan fingerprint density at radius 3 is 2.56 bits per heavy atom. The Labute approximate surface area is 110 Å². The molecule has 3 nitrogen and oxygen atoms in total. The number of rotatable bonds is 3. The molecule has 0 bridgehead atoms. The first-order valence-electron chi connectivity index (χ1n) is 5.95. The molecule has 1 saturated heterocycles. The first-order valence-corrected chi connectivity index (χ1v) is 6.33. The summed E-state index contributed by atoms with van der Waals surface area (Å²) in [6.07, 6.45) is 1.45. The normalized spacial score (nSPS) is 21.8. The summed E-state index contributed by atoms with van der Waals surface area (Å²) in [5.41, 5.74) is 6.67. The number of alkyl halides is 2. The van der Waals surface area contributed by atoms with Crippen molar-refractivity contribution in [2.75, 3.05) is 19.6 Å². The van der Waals surface area contributed by atoms with E-state index in [0.29, 0.717) is 24.8 Å². The topological polar surface area (TPSA) is 42.1 Å². The molecule has 1 aliphatic rings. The van der Waals surface area contributed by atoms with E-state index in [1.165, 1.54) is 0 Å². The molecule has 0 saturated carbocycles. The summed E-state index contributed by atoms with van der Waals surface area (Å²) < 4.78 is 26.2. The number of halogens is 3. The van der Waals surface area contributed by atoms with Crippen molar-refractivity contribution in [3.8, 4) is 0 Å². The quantitative estimate of drug-likeness (QED) is 0.862. The van der Waals surface area contributed by atoms with Crippen molar-refractivity contribution >= 4 is 11.6 Å². The lowest BCUT2D eigenvalue weighted by Crippen LogP contribution is -2.43. The van der Waals surface area contributed by atoms with E-state index < -0.39 is 5.92 Å². The fraction of sp³-hybridized carbons (Fsp3) is 0.583. The molecule has 1 aromatic heterocycles. The van der Waals surface area contributed by atoms with Crippen LogP contribution in [0.1, 0.15) is 24.4 Å². The van der Waals surface area contributed by atoms with Crippen molar-refractivity contribution in [3.63, 3.8) is 0 Å². The molecule has 1 atom stereocenters. The van der Waals surface area contributed by atoms with Crippen LogP contribution in [-0.2, 0) is 0 Å². The van der Waals surface area contributed by atoms with E-state index in [4.69, 9.17) is 17.3 Å². The summed E-state index contributed by atoms with van der Waals surface area (Å²) in [6.45, 7) is 1.10. The molecule has 0 aliphatic carbocycles. The van der Waals surface area contributed by atoms with Crippen molar-refractivity contribution in [1.29, 1.82) is 0 Å². The minimum absolute atomic E-state index is 0.0640. The van der Waals surface area contributed by atoms with Crippen LogP contribution < -0.4 is 5.73 Å². The van der Waals surface area contributed by atoms with Crippen LogP contribution in [0.25, 0.3) is 0 Å². The van der Waals surface area contributed by atoms with Crippen LogP contribution in [0.5, 0.6) is 0 Å². The van der Waals surface area contributed by atoms with Crippen LogP contribution in [0.4, 0.5) is 8.78 Å². The van der Waals surface area contributed by atoms with E-state index in [-0.39, 0.29) is 18.9 Å². The molecule has 6 heteroatoms. The van der Waals surface area contributed by atoms with E-state index in [9.17, 15) is 8.78 Å². The van der Waals surface area contributed by atoms with Crippen LogP contribution in [0, 0.1) is 0 Å². The number of piperidine rings is 1. The maximum Gasteiger partial charge on any atom is 0.250 e. The average Bonchev–Trinajstić information content (AvgIpc) is 2.34. The second-order valence-electron chi connectivity index (χ2n) is 4.56. The highest BCUT2D eigenvalue weighted by molar-refractivity contribution is 6.29. The predicted molar refractivity (Wildman–Crippen MR) is 66.8 cm³/mol. The van der Waals surface area contributed by atoms with Crippen LogP contribution in [0.15, 0.2) is 18.3 Å². The van der Waals surface area contributed by atoms with Crippen molar-refractivity contribution in [1.82, 2.24) is 9.88 Å². The first-order chi connectivity index (χ1) is 8.52. The zero-order chi connectivity index (χ0) is 13.2. The summed E-state index contributed by atoms with van der Waals surface area (Å²) in [5, 5.41) is 0.416. The van der Waals surface area contributed by atoms with Gasteiger partial charge >= 0.3 is 0 Å². The van der Waals surface area contributed by atoms with Gasteiger partial charge in [0, 0.05) is 44.7 Å². The molecule has 2 heterocycles. The monoisotopic (exact) mass is 275 g/mol. The number of hydrogen-bond acceptors (Lipinski definition) is 3. The lowest BCUT2D eigenvalue weighted by molar-refractivity contribution is -0.0627. The van der Waals surface area contributed by atoms with E-state index in [0.717, 1.165) is 5.56 Å². The largest absolute Gasteiger partial charge is 0.329 e. The first kappa shape index (κ1) is 13.6. The third-order valence-electron chi connectivity index (χ3n) is 3.33. The van der Waals surface area contributed by atoms with Crippen molar-refractivity contribution in [2.24, 2.45) is 5.73 Å². The zero-order valence-electron chi connectivity index (χ0n) is 9.95. The minimum atomic E-state index is -2.53. The van der Waals surface area contributed by atoms with Crippen LogP contribution in [0.2, 0.25) is 5.15 Å². The molecule has 0 radical (unpaired) electrons. The molecule has 2 N–H and O–H groups in total. The van der Waals surface area contributed by atoms with Crippen molar-refractivity contribution in [2.45, 2.75) is 24.8 Å². The molecular weight excluding hydrogens is 260 g/mol. The van der Waals surface area contributed by atoms with Gasteiger partial charge in [-0.2, -0.15) is 0 Å². The van der Waals surface area contributed by atoms with Crippen LogP contribution in [-0.4, -0.2) is 35.4 Å². The van der Waals surface area contributed by atoms with Gasteiger partial charge in [0.25, 0.3) is 5.92 Å². The fourth-order valence-corrected chi connectivity index (χ4v) is 2.35. The lowest BCUT2D eigenvalue weighted by atomic mass is 10.0. The van der Waals surface area contributed by atoms with Gasteiger partial charge in [-0.15, -0.1) is 0 Å². The molecule has 0 aromatic carbocycles. The number of likely N-dealkylation sites (tertiary alicyclic amines) is 1. The summed E-state index contributed by atoms with van der Waals surface area (Å²) in [7, 11) is 0. The van der Waals surface area contributed by atoms with E-state index in [1.807, 2.05) is 11.0 Å². The molecule has 0 spiro atoms. The number of nitrogens with zero attached hydrogens (tertiary/aromatic N) is 2. The Morgan fingerprint density at radius 2 is 2.06 bits per heavy atom. The Kier molecular flexibility index (Phi) is 4.14. The van der Waals surface area contributed by atoms with Gasteiger partial charge in [-0.25, -0.2) is 13.8 Å². The molecule has 1 fully saturated rings. The predicted octanol–water partition coefficient (Wildman–Crippen LogP) is 2.47. The second kappa shape index (κ2) is 5.47. The standard InChI is InChI=1S/C12H16ClF2N3/c13-11-2-1-9(8-17-11)10(7-16)18-5-3-12(14,15)4-6-18/h1-2,8,10H,3-7,16H2/t10-/m0/s1.